The van der Waals surface area contributed by atoms with E-state index >= 15 is 0 Å². The number of carbonyl (C=O) groups excluding carboxylic acids is 1. The molecule has 0 aromatic carbocycles. The van der Waals surface area contributed by atoms with Crippen molar-refractivity contribution in [3.05, 3.63) is 21.9 Å². The van der Waals surface area contributed by atoms with Crippen molar-refractivity contribution in [2.45, 2.75) is 33.4 Å². The fourth-order valence-electron chi connectivity index (χ4n) is 1.52. The van der Waals surface area contributed by atoms with Gasteiger partial charge in [-0.15, -0.1) is 11.3 Å². The van der Waals surface area contributed by atoms with Crippen molar-refractivity contribution in [1.29, 1.82) is 0 Å². The third-order valence-corrected chi connectivity index (χ3v) is 3.58. The number of hydrogen-bond acceptors (Lipinski definition) is 4. The minimum Gasteiger partial charge on any atom is -0.296 e. The Morgan fingerprint density at radius 3 is 2.75 bits per heavy atom. The first kappa shape index (κ1) is 13.2. The maximum Gasteiger partial charge on any atom is 0.275 e. The van der Waals surface area contributed by atoms with Crippen LogP contribution in [0.4, 0.5) is 0 Å². The van der Waals surface area contributed by atoms with Crippen LogP contribution >= 0.6 is 11.3 Å². The smallest absolute Gasteiger partial charge is 0.275 e. The molecule has 0 aliphatic carbocycles. The minimum atomic E-state index is -0.219. The molecule has 0 aliphatic heterocycles. The zero-order valence-corrected chi connectivity index (χ0v) is 10.8. The lowest BCUT2D eigenvalue weighted by Crippen LogP contribution is -2.29. The highest BCUT2D eigenvalue weighted by molar-refractivity contribution is 7.14. The molecule has 0 atom stereocenters. The van der Waals surface area contributed by atoms with Gasteiger partial charge in [0.2, 0.25) is 0 Å². The number of nitrogens with two attached hydrogens (primary N) is 1. The molecule has 3 N–H and O–H groups in total. The van der Waals surface area contributed by atoms with Crippen LogP contribution in [0.15, 0.2) is 12.1 Å². The molecule has 0 radical (unpaired) electrons. The van der Waals surface area contributed by atoms with Crippen molar-refractivity contribution in [3.63, 3.8) is 0 Å². The summed E-state index contributed by atoms with van der Waals surface area (Å²) in [6.45, 7) is 8.38. The van der Waals surface area contributed by atoms with E-state index in [1.54, 1.807) is 0 Å². The molecule has 0 aliphatic rings. The predicted octanol–water partition coefficient (Wildman–Crippen LogP) is 1.58. The molecular formula is C11H19N3OS. The van der Waals surface area contributed by atoms with Crippen molar-refractivity contribution in [2.75, 3.05) is 6.54 Å². The summed E-state index contributed by atoms with van der Waals surface area (Å²) in [6.07, 6.45) is 0. The second-order valence-electron chi connectivity index (χ2n) is 3.90. The molecule has 4 nitrogen and oxygen atoms in total. The van der Waals surface area contributed by atoms with Gasteiger partial charge in [0, 0.05) is 17.5 Å². The largest absolute Gasteiger partial charge is 0.296 e. The summed E-state index contributed by atoms with van der Waals surface area (Å²) in [7, 11) is 0. The van der Waals surface area contributed by atoms with Gasteiger partial charge in [-0.1, -0.05) is 6.92 Å². The number of hydrazine groups is 1. The van der Waals surface area contributed by atoms with E-state index in [1.807, 2.05) is 12.1 Å². The zero-order chi connectivity index (χ0) is 12.1. The van der Waals surface area contributed by atoms with Crippen molar-refractivity contribution in [3.8, 4) is 0 Å². The van der Waals surface area contributed by atoms with Crippen LogP contribution in [0.5, 0.6) is 0 Å². The summed E-state index contributed by atoms with van der Waals surface area (Å²) in [4.78, 5) is 15.5. The number of thiophene rings is 1. The third kappa shape index (κ3) is 3.30. The number of hydrogen-bond donors (Lipinski definition) is 2. The highest BCUT2D eigenvalue weighted by atomic mass is 32.1. The van der Waals surface area contributed by atoms with E-state index < -0.39 is 0 Å². The Balaban J connectivity index is 2.67. The Bertz CT molecular complexity index is 349. The monoisotopic (exact) mass is 241 g/mol. The number of rotatable bonds is 5. The molecule has 0 saturated heterocycles. The number of nitrogen functional groups attached to an aromatic ring is 1. The summed E-state index contributed by atoms with van der Waals surface area (Å²) in [5, 5.41) is 0. The van der Waals surface area contributed by atoms with Gasteiger partial charge >= 0.3 is 0 Å². The van der Waals surface area contributed by atoms with E-state index in [1.165, 1.54) is 16.2 Å². The Labute approximate surface area is 100 Å². The number of amides is 1. The van der Waals surface area contributed by atoms with E-state index in [9.17, 15) is 4.79 Å². The third-order valence-electron chi connectivity index (χ3n) is 2.51. The molecule has 90 valence electrons. The second kappa shape index (κ2) is 5.98. The fraction of sp³-hybridized carbons (Fsp3) is 0.545. The van der Waals surface area contributed by atoms with Gasteiger partial charge in [0.25, 0.3) is 5.91 Å². The molecule has 5 heteroatoms. The standard InChI is InChI=1S/C11H19N3OS/c1-4-14(8(2)3)7-9-5-6-10(16-9)11(15)13-12/h5-6,8H,4,7,12H2,1-3H3,(H,13,15). The SMILES string of the molecule is CCN(Cc1ccc(C(=O)NN)s1)C(C)C. The first-order valence-electron chi connectivity index (χ1n) is 5.42. The van der Waals surface area contributed by atoms with Gasteiger partial charge in [-0.05, 0) is 32.5 Å². The lowest BCUT2D eigenvalue weighted by atomic mass is 10.3. The van der Waals surface area contributed by atoms with Crippen molar-refractivity contribution < 1.29 is 4.79 Å². The van der Waals surface area contributed by atoms with Gasteiger partial charge in [-0.2, -0.15) is 0 Å². The Morgan fingerprint density at radius 2 is 2.25 bits per heavy atom. The molecule has 0 unspecified atom stereocenters. The van der Waals surface area contributed by atoms with Gasteiger partial charge in [-0.3, -0.25) is 15.1 Å². The first-order valence-corrected chi connectivity index (χ1v) is 6.23. The zero-order valence-electron chi connectivity index (χ0n) is 9.99. The molecule has 1 amide bonds. The molecule has 0 fully saturated rings. The van der Waals surface area contributed by atoms with Crippen LogP contribution in [0.1, 0.15) is 35.3 Å². The molecule has 1 rings (SSSR count). The van der Waals surface area contributed by atoms with Crippen molar-refractivity contribution in [1.82, 2.24) is 10.3 Å². The Kier molecular flexibility index (Phi) is 4.92. The quantitative estimate of drug-likeness (QED) is 0.467. The lowest BCUT2D eigenvalue weighted by Gasteiger charge is -2.23. The summed E-state index contributed by atoms with van der Waals surface area (Å²) in [5.41, 5.74) is 2.14. The average Bonchev–Trinajstić information content (AvgIpc) is 2.72. The molecule has 1 aromatic heterocycles. The topological polar surface area (TPSA) is 58.4 Å². The minimum absolute atomic E-state index is 0.219. The first-order chi connectivity index (χ1) is 7.58. The summed E-state index contributed by atoms with van der Waals surface area (Å²) >= 11 is 1.49. The van der Waals surface area contributed by atoms with Crippen LogP contribution in [0.25, 0.3) is 0 Å². The van der Waals surface area contributed by atoms with Crippen molar-refractivity contribution >= 4 is 17.2 Å². The average molecular weight is 241 g/mol. The summed E-state index contributed by atoms with van der Waals surface area (Å²) < 4.78 is 0. The van der Waals surface area contributed by atoms with Gasteiger partial charge in [-0.25, -0.2) is 5.84 Å². The molecule has 0 spiro atoms. The number of nitrogens with zero attached hydrogens (tertiary/aromatic N) is 1. The van der Waals surface area contributed by atoms with Gasteiger partial charge in [0.15, 0.2) is 0 Å². The molecular weight excluding hydrogens is 222 g/mol. The van der Waals surface area contributed by atoms with Crippen LogP contribution in [-0.2, 0) is 6.54 Å². The van der Waals surface area contributed by atoms with Crippen LogP contribution in [0.2, 0.25) is 0 Å². The van der Waals surface area contributed by atoms with Crippen molar-refractivity contribution in [2.24, 2.45) is 5.84 Å². The van der Waals surface area contributed by atoms with E-state index in [4.69, 9.17) is 5.84 Å². The fourth-order valence-corrected chi connectivity index (χ4v) is 2.45. The molecule has 1 heterocycles. The summed E-state index contributed by atoms with van der Waals surface area (Å²) in [5.74, 6) is 4.87. The van der Waals surface area contributed by atoms with Crippen LogP contribution in [0, 0.1) is 0 Å². The van der Waals surface area contributed by atoms with E-state index in [0.29, 0.717) is 10.9 Å². The van der Waals surface area contributed by atoms with Crippen LogP contribution < -0.4 is 11.3 Å². The van der Waals surface area contributed by atoms with Gasteiger partial charge in [0.05, 0.1) is 4.88 Å². The van der Waals surface area contributed by atoms with Crippen LogP contribution in [-0.4, -0.2) is 23.4 Å². The number of nitrogens with one attached hydrogen (secondary N) is 1. The van der Waals surface area contributed by atoms with Gasteiger partial charge < -0.3 is 0 Å². The van der Waals surface area contributed by atoms with Crippen LogP contribution in [0.3, 0.4) is 0 Å². The Hall–Kier alpha value is -0.910. The molecule has 1 aromatic rings. The lowest BCUT2D eigenvalue weighted by molar-refractivity contribution is 0.0957. The van der Waals surface area contributed by atoms with E-state index in [-0.39, 0.29) is 5.91 Å². The second-order valence-corrected chi connectivity index (χ2v) is 5.06. The maximum atomic E-state index is 11.3. The molecule has 0 saturated carbocycles. The Morgan fingerprint density at radius 1 is 1.56 bits per heavy atom. The van der Waals surface area contributed by atoms with E-state index in [2.05, 4.69) is 31.1 Å². The summed E-state index contributed by atoms with van der Waals surface area (Å²) in [6, 6.07) is 4.32. The molecule has 16 heavy (non-hydrogen) atoms. The number of carbonyl (C=O) groups is 1. The van der Waals surface area contributed by atoms with E-state index in [0.717, 1.165) is 13.1 Å². The molecule has 0 bridgehead atoms. The highest BCUT2D eigenvalue weighted by Gasteiger charge is 2.11. The normalized spacial score (nSPS) is 11.1. The van der Waals surface area contributed by atoms with Gasteiger partial charge in [0.1, 0.15) is 0 Å². The maximum absolute atomic E-state index is 11.3. The predicted molar refractivity (Wildman–Crippen MR) is 67.2 cm³/mol. The highest BCUT2D eigenvalue weighted by Crippen LogP contribution is 2.19.